The second kappa shape index (κ2) is 10.5. The minimum atomic E-state index is -0.381. The Morgan fingerprint density at radius 3 is 2.36 bits per heavy atom. The van der Waals surface area contributed by atoms with Crippen molar-refractivity contribution in [3.63, 3.8) is 0 Å². The molecule has 1 N–H and O–H groups in total. The van der Waals surface area contributed by atoms with E-state index >= 15 is 0 Å². The molecular formula is C23H24ClN3O5S. The minimum absolute atomic E-state index is 0.155. The first-order chi connectivity index (χ1) is 15.8. The summed E-state index contributed by atoms with van der Waals surface area (Å²) in [4.78, 5) is 31.9. The lowest BCUT2D eigenvalue weighted by atomic mass is 10.2. The highest BCUT2D eigenvalue weighted by molar-refractivity contribution is 7.17. The highest BCUT2D eigenvalue weighted by atomic mass is 35.5. The van der Waals surface area contributed by atoms with E-state index in [1.165, 1.54) is 23.3 Å². The molecule has 1 heterocycles. The fourth-order valence-electron chi connectivity index (χ4n) is 3.12. The van der Waals surface area contributed by atoms with E-state index in [1.54, 1.807) is 58.5 Å². The summed E-state index contributed by atoms with van der Waals surface area (Å²) in [6, 6.07) is 10.3. The number of amides is 2. The average Bonchev–Trinajstić information content (AvgIpc) is 3.19. The fourth-order valence-corrected chi connectivity index (χ4v) is 4.35. The summed E-state index contributed by atoms with van der Waals surface area (Å²) in [5.74, 6) is 0.965. The highest BCUT2D eigenvalue weighted by Gasteiger charge is 2.22. The maximum Gasteiger partial charge on any atom is 0.266 e. The normalized spacial score (nSPS) is 10.5. The number of anilines is 1. The third-order valence-electron chi connectivity index (χ3n) is 4.78. The van der Waals surface area contributed by atoms with Gasteiger partial charge in [0, 0.05) is 17.6 Å². The number of benzene rings is 2. The number of likely N-dealkylation sites (N-methyl/N-ethyl adjacent to an activating group) is 1. The van der Waals surface area contributed by atoms with Crippen LogP contribution in [-0.4, -0.2) is 56.6 Å². The first-order valence-electron chi connectivity index (χ1n) is 9.86. The largest absolute Gasteiger partial charge is 0.495 e. The Morgan fingerprint density at radius 2 is 1.70 bits per heavy atom. The lowest BCUT2D eigenvalue weighted by molar-refractivity contribution is -0.116. The van der Waals surface area contributed by atoms with E-state index in [4.69, 9.17) is 25.8 Å². The molecule has 1 aromatic heterocycles. The van der Waals surface area contributed by atoms with Crippen molar-refractivity contribution >= 4 is 40.4 Å². The maximum absolute atomic E-state index is 13.0. The predicted molar refractivity (Wildman–Crippen MR) is 129 cm³/mol. The van der Waals surface area contributed by atoms with Crippen LogP contribution in [-0.2, 0) is 4.79 Å². The van der Waals surface area contributed by atoms with E-state index < -0.39 is 0 Å². The van der Waals surface area contributed by atoms with Gasteiger partial charge in [0.05, 0.1) is 39.3 Å². The molecule has 0 fully saturated rings. The third kappa shape index (κ3) is 5.55. The van der Waals surface area contributed by atoms with Crippen LogP contribution in [0.15, 0.2) is 36.4 Å². The van der Waals surface area contributed by atoms with Gasteiger partial charge in [0.2, 0.25) is 5.91 Å². The van der Waals surface area contributed by atoms with E-state index in [-0.39, 0.29) is 18.4 Å². The number of thiazole rings is 1. The first kappa shape index (κ1) is 24.3. The van der Waals surface area contributed by atoms with Gasteiger partial charge >= 0.3 is 0 Å². The van der Waals surface area contributed by atoms with Crippen LogP contribution in [0.1, 0.15) is 15.4 Å². The zero-order valence-electron chi connectivity index (χ0n) is 18.9. The molecule has 0 atom stereocenters. The number of carbonyl (C=O) groups is 2. The molecule has 2 aromatic carbocycles. The van der Waals surface area contributed by atoms with Gasteiger partial charge in [-0.3, -0.25) is 9.59 Å². The lowest BCUT2D eigenvalue weighted by Gasteiger charge is -2.17. The van der Waals surface area contributed by atoms with Crippen molar-refractivity contribution in [2.24, 2.45) is 0 Å². The van der Waals surface area contributed by atoms with Crippen molar-refractivity contribution in [1.82, 2.24) is 9.88 Å². The second-order valence-corrected chi connectivity index (χ2v) is 8.49. The Hall–Kier alpha value is -3.30. The van der Waals surface area contributed by atoms with E-state index in [9.17, 15) is 9.59 Å². The maximum atomic E-state index is 13.0. The highest BCUT2D eigenvalue weighted by Crippen LogP contribution is 2.35. The van der Waals surface area contributed by atoms with Crippen LogP contribution in [0.5, 0.6) is 17.2 Å². The molecule has 0 bridgehead atoms. The van der Waals surface area contributed by atoms with E-state index in [0.29, 0.717) is 43.5 Å². The lowest BCUT2D eigenvalue weighted by Crippen LogP contribution is -2.34. The van der Waals surface area contributed by atoms with Gasteiger partial charge in [0.15, 0.2) is 11.5 Å². The molecule has 0 spiro atoms. The molecule has 174 valence electrons. The molecule has 3 rings (SSSR count). The Bertz CT molecular complexity index is 1180. The number of carbonyl (C=O) groups excluding carboxylic acids is 2. The molecule has 8 nitrogen and oxygen atoms in total. The van der Waals surface area contributed by atoms with Crippen molar-refractivity contribution in [2.45, 2.75) is 6.92 Å². The number of halogens is 1. The van der Waals surface area contributed by atoms with Crippen LogP contribution >= 0.6 is 22.9 Å². The van der Waals surface area contributed by atoms with E-state index in [2.05, 4.69) is 10.3 Å². The van der Waals surface area contributed by atoms with Gasteiger partial charge in [-0.05, 0) is 43.3 Å². The molecule has 10 heteroatoms. The molecular weight excluding hydrogens is 466 g/mol. The molecule has 0 aliphatic rings. The van der Waals surface area contributed by atoms with Gasteiger partial charge in [0.25, 0.3) is 5.91 Å². The monoisotopic (exact) mass is 489 g/mol. The number of hydrogen-bond acceptors (Lipinski definition) is 7. The van der Waals surface area contributed by atoms with Crippen molar-refractivity contribution in [2.75, 3.05) is 40.2 Å². The average molecular weight is 490 g/mol. The zero-order valence-corrected chi connectivity index (χ0v) is 20.5. The molecule has 3 aromatic rings. The molecule has 0 saturated heterocycles. The molecule has 0 aliphatic heterocycles. The number of nitrogens with zero attached hydrogens (tertiary/aromatic N) is 2. The Morgan fingerprint density at radius 1 is 1.03 bits per heavy atom. The zero-order chi connectivity index (χ0) is 24.1. The van der Waals surface area contributed by atoms with Crippen molar-refractivity contribution < 1.29 is 23.8 Å². The SMILES string of the molecule is COc1ccc(Cl)cc1NC(=O)CN(C)C(=O)c1sc(-c2ccc(OC)c(OC)c2)nc1C. The molecule has 0 unspecified atom stereocenters. The van der Waals surface area contributed by atoms with Gasteiger partial charge in [-0.25, -0.2) is 4.98 Å². The Labute approximate surface area is 201 Å². The third-order valence-corrected chi connectivity index (χ3v) is 6.21. The summed E-state index contributed by atoms with van der Waals surface area (Å²) in [7, 11) is 6.18. The van der Waals surface area contributed by atoms with Crippen molar-refractivity contribution in [3.05, 3.63) is 52.0 Å². The van der Waals surface area contributed by atoms with Crippen molar-refractivity contribution in [3.8, 4) is 27.8 Å². The van der Waals surface area contributed by atoms with Gasteiger partial charge in [0.1, 0.15) is 15.6 Å². The summed E-state index contributed by atoms with van der Waals surface area (Å²) < 4.78 is 15.9. The van der Waals surface area contributed by atoms with E-state index in [1.807, 2.05) is 6.07 Å². The number of aromatic nitrogens is 1. The summed E-state index contributed by atoms with van der Waals surface area (Å²) in [5, 5.41) is 3.85. The van der Waals surface area contributed by atoms with Crippen LogP contribution in [0, 0.1) is 6.92 Å². The van der Waals surface area contributed by atoms with Crippen LogP contribution in [0.4, 0.5) is 5.69 Å². The smallest absolute Gasteiger partial charge is 0.266 e. The quantitative estimate of drug-likeness (QED) is 0.500. The summed E-state index contributed by atoms with van der Waals surface area (Å²) in [6.45, 7) is 1.61. The van der Waals surface area contributed by atoms with Gasteiger partial charge < -0.3 is 24.4 Å². The first-order valence-corrected chi connectivity index (χ1v) is 11.1. The predicted octanol–water partition coefficient (Wildman–Crippen LogP) is 4.51. The molecule has 0 radical (unpaired) electrons. The Balaban J connectivity index is 1.74. The second-order valence-electron chi connectivity index (χ2n) is 7.06. The Kier molecular flexibility index (Phi) is 7.78. The number of rotatable bonds is 8. The van der Waals surface area contributed by atoms with Crippen LogP contribution in [0.25, 0.3) is 10.6 Å². The summed E-state index contributed by atoms with van der Waals surface area (Å²) in [6.07, 6.45) is 0. The van der Waals surface area contributed by atoms with Gasteiger partial charge in [-0.1, -0.05) is 11.6 Å². The summed E-state index contributed by atoms with van der Waals surface area (Å²) >= 11 is 7.26. The standard InChI is InChI=1S/C23H24ClN3O5S/c1-13-21(33-22(25-13)14-6-8-18(31-4)19(10-14)32-5)23(29)27(2)12-20(28)26-16-11-15(24)7-9-17(16)30-3/h6-11H,12H2,1-5H3,(H,26,28). The number of nitrogens with one attached hydrogen (secondary N) is 1. The van der Waals surface area contributed by atoms with E-state index in [0.717, 1.165) is 5.56 Å². The topological polar surface area (TPSA) is 90.0 Å². The van der Waals surface area contributed by atoms with Crippen LogP contribution in [0.3, 0.4) is 0 Å². The van der Waals surface area contributed by atoms with Crippen LogP contribution in [0.2, 0.25) is 5.02 Å². The van der Waals surface area contributed by atoms with Crippen molar-refractivity contribution in [1.29, 1.82) is 0 Å². The molecule has 33 heavy (non-hydrogen) atoms. The van der Waals surface area contributed by atoms with Gasteiger partial charge in [-0.2, -0.15) is 0 Å². The number of methoxy groups -OCH3 is 3. The van der Waals surface area contributed by atoms with Crippen LogP contribution < -0.4 is 19.5 Å². The fraction of sp³-hybridized carbons (Fsp3) is 0.261. The molecule has 0 aliphatic carbocycles. The number of hydrogen-bond donors (Lipinski definition) is 1. The minimum Gasteiger partial charge on any atom is -0.495 e. The molecule has 2 amide bonds. The number of aryl methyl sites for hydroxylation is 1. The van der Waals surface area contributed by atoms with Gasteiger partial charge in [-0.15, -0.1) is 11.3 Å². The summed E-state index contributed by atoms with van der Waals surface area (Å²) in [5.41, 5.74) is 1.81. The molecule has 0 saturated carbocycles. The number of ether oxygens (including phenoxy) is 3.